The van der Waals surface area contributed by atoms with Crippen molar-refractivity contribution in [2.45, 2.75) is 26.4 Å². The lowest BCUT2D eigenvalue weighted by molar-refractivity contribution is -0.123. The van der Waals surface area contributed by atoms with E-state index in [0.29, 0.717) is 4.91 Å². The van der Waals surface area contributed by atoms with Crippen LogP contribution in [-0.4, -0.2) is 20.6 Å². The SMILES string of the molecule is CCc1cccc2c(/C=C3\SC(=O)N(Cc4ccc(Br)cc4)C3=O)cn(Cc3ccccc3)c12. The Morgan fingerprint density at radius 2 is 1.62 bits per heavy atom. The number of hydrogen-bond donors (Lipinski definition) is 0. The quantitative estimate of drug-likeness (QED) is 0.246. The zero-order valence-corrected chi connectivity index (χ0v) is 21.1. The van der Waals surface area contributed by atoms with E-state index in [2.05, 4.69) is 63.9 Å². The molecule has 4 nitrogen and oxygen atoms in total. The van der Waals surface area contributed by atoms with E-state index >= 15 is 0 Å². The maximum Gasteiger partial charge on any atom is 0.293 e. The van der Waals surface area contributed by atoms with E-state index in [1.54, 1.807) is 0 Å². The Labute approximate surface area is 211 Å². The van der Waals surface area contributed by atoms with Crippen molar-refractivity contribution in [2.75, 3.05) is 0 Å². The van der Waals surface area contributed by atoms with Gasteiger partial charge in [-0.2, -0.15) is 0 Å². The highest BCUT2D eigenvalue weighted by molar-refractivity contribution is 9.10. The summed E-state index contributed by atoms with van der Waals surface area (Å²) in [6.07, 6.45) is 4.88. The summed E-state index contributed by atoms with van der Waals surface area (Å²) < 4.78 is 3.21. The van der Waals surface area contributed by atoms with E-state index in [-0.39, 0.29) is 17.7 Å². The van der Waals surface area contributed by atoms with Crippen LogP contribution in [0.3, 0.4) is 0 Å². The first-order chi connectivity index (χ1) is 16.5. The molecule has 170 valence electrons. The number of fused-ring (bicyclic) bond motifs is 1. The average molecular weight is 531 g/mol. The van der Waals surface area contributed by atoms with Gasteiger partial charge in [0.1, 0.15) is 0 Å². The maximum absolute atomic E-state index is 13.1. The topological polar surface area (TPSA) is 42.3 Å². The van der Waals surface area contributed by atoms with Crippen molar-refractivity contribution < 1.29 is 9.59 Å². The van der Waals surface area contributed by atoms with Crippen LogP contribution < -0.4 is 0 Å². The van der Waals surface area contributed by atoms with E-state index < -0.39 is 0 Å². The first-order valence-electron chi connectivity index (χ1n) is 11.2. The van der Waals surface area contributed by atoms with Crippen molar-refractivity contribution in [2.24, 2.45) is 0 Å². The first-order valence-corrected chi connectivity index (χ1v) is 12.8. The molecule has 0 bridgehead atoms. The third-order valence-corrected chi connectivity index (χ3v) is 7.44. The van der Waals surface area contributed by atoms with Crippen LogP contribution in [0, 0.1) is 0 Å². The monoisotopic (exact) mass is 530 g/mol. The van der Waals surface area contributed by atoms with Crippen LogP contribution >= 0.6 is 27.7 Å². The van der Waals surface area contributed by atoms with E-state index in [4.69, 9.17) is 0 Å². The summed E-state index contributed by atoms with van der Waals surface area (Å²) in [6.45, 7) is 3.17. The van der Waals surface area contributed by atoms with Crippen LogP contribution in [0.5, 0.6) is 0 Å². The summed E-state index contributed by atoms with van der Waals surface area (Å²) >= 11 is 4.43. The molecule has 0 aliphatic carbocycles. The van der Waals surface area contributed by atoms with Crippen LogP contribution in [0.1, 0.15) is 29.2 Å². The van der Waals surface area contributed by atoms with Gasteiger partial charge in [0.15, 0.2) is 0 Å². The molecule has 34 heavy (non-hydrogen) atoms. The second-order valence-corrected chi connectivity index (χ2v) is 10.2. The predicted molar refractivity (Wildman–Crippen MR) is 143 cm³/mol. The van der Waals surface area contributed by atoms with Gasteiger partial charge in [-0.15, -0.1) is 0 Å². The molecular formula is C28H23BrN2O2S. The van der Waals surface area contributed by atoms with Gasteiger partial charge >= 0.3 is 0 Å². The highest BCUT2D eigenvalue weighted by Crippen LogP contribution is 2.36. The summed E-state index contributed by atoms with van der Waals surface area (Å²) in [5.74, 6) is -0.242. The van der Waals surface area contributed by atoms with Gasteiger partial charge in [0.05, 0.1) is 17.0 Å². The number of carbonyl (C=O) groups excluding carboxylic acids is 2. The maximum atomic E-state index is 13.1. The molecule has 6 heteroatoms. The van der Waals surface area contributed by atoms with E-state index in [1.807, 2.05) is 48.5 Å². The second kappa shape index (κ2) is 9.65. The molecule has 1 aliphatic rings. The third-order valence-electron chi connectivity index (χ3n) is 6.00. The Morgan fingerprint density at radius 3 is 2.35 bits per heavy atom. The standard InChI is InChI=1S/C28H23BrN2O2S/c1-2-21-9-6-10-24-22(18-30(26(21)24)16-19-7-4-3-5-8-19)15-25-27(32)31(28(33)34-25)17-20-11-13-23(29)14-12-20/h3-15,18H,2,16-17H2,1H3/b25-15-. The molecule has 1 saturated heterocycles. The van der Waals surface area contributed by atoms with Crippen molar-refractivity contribution in [3.05, 3.63) is 111 Å². The molecule has 0 spiro atoms. The molecule has 2 amide bonds. The molecule has 1 aliphatic heterocycles. The molecule has 2 heterocycles. The van der Waals surface area contributed by atoms with Gasteiger partial charge in [0.25, 0.3) is 11.1 Å². The van der Waals surface area contributed by atoms with Crippen molar-refractivity contribution in [1.29, 1.82) is 0 Å². The Hall–Kier alpha value is -3.09. The Bertz CT molecular complexity index is 1410. The fourth-order valence-corrected chi connectivity index (χ4v) is 5.41. The van der Waals surface area contributed by atoms with Gasteiger partial charge in [-0.1, -0.05) is 83.5 Å². The summed E-state index contributed by atoms with van der Waals surface area (Å²) in [7, 11) is 0. The van der Waals surface area contributed by atoms with Crippen molar-refractivity contribution in [3.63, 3.8) is 0 Å². The van der Waals surface area contributed by atoms with Crippen LogP contribution in [0.25, 0.3) is 17.0 Å². The molecule has 0 N–H and O–H groups in total. The van der Waals surface area contributed by atoms with E-state index in [9.17, 15) is 9.59 Å². The molecule has 1 fully saturated rings. The van der Waals surface area contributed by atoms with Gasteiger partial charge < -0.3 is 4.57 Å². The summed E-state index contributed by atoms with van der Waals surface area (Å²) in [5, 5.41) is 0.858. The molecule has 4 aromatic rings. The smallest absolute Gasteiger partial charge is 0.293 e. The average Bonchev–Trinajstić information content (AvgIpc) is 3.33. The summed E-state index contributed by atoms with van der Waals surface area (Å²) in [4.78, 5) is 27.6. The molecule has 5 rings (SSSR count). The molecule has 0 atom stereocenters. The van der Waals surface area contributed by atoms with Crippen LogP contribution in [0.15, 0.2) is 88.4 Å². The highest BCUT2D eigenvalue weighted by atomic mass is 79.9. The van der Waals surface area contributed by atoms with Crippen LogP contribution in [-0.2, 0) is 24.3 Å². The van der Waals surface area contributed by atoms with Crippen molar-refractivity contribution in [3.8, 4) is 0 Å². The lowest BCUT2D eigenvalue weighted by Crippen LogP contribution is -2.27. The van der Waals surface area contributed by atoms with Gasteiger partial charge in [0.2, 0.25) is 0 Å². The number of thioether (sulfide) groups is 1. The number of hydrogen-bond acceptors (Lipinski definition) is 3. The normalized spacial score (nSPS) is 15.1. The largest absolute Gasteiger partial charge is 0.342 e. The predicted octanol–water partition coefficient (Wildman–Crippen LogP) is 7.25. The fraction of sp³-hybridized carbons (Fsp3) is 0.143. The Kier molecular flexibility index (Phi) is 6.44. The minimum atomic E-state index is -0.242. The summed E-state index contributed by atoms with van der Waals surface area (Å²) in [5.41, 5.74) is 5.52. The zero-order valence-electron chi connectivity index (χ0n) is 18.7. The van der Waals surface area contributed by atoms with Crippen molar-refractivity contribution >= 4 is 55.8 Å². The number of amides is 2. The number of aromatic nitrogens is 1. The Morgan fingerprint density at radius 1 is 0.882 bits per heavy atom. The molecular weight excluding hydrogens is 508 g/mol. The number of imide groups is 1. The van der Waals surface area contributed by atoms with Crippen molar-refractivity contribution in [1.82, 2.24) is 9.47 Å². The summed E-state index contributed by atoms with van der Waals surface area (Å²) in [6, 6.07) is 24.3. The molecule has 3 aromatic carbocycles. The van der Waals surface area contributed by atoms with E-state index in [0.717, 1.165) is 45.7 Å². The number of aryl methyl sites for hydroxylation is 1. The molecule has 0 radical (unpaired) electrons. The number of rotatable bonds is 6. The third kappa shape index (κ3) is 4.48. The molecule has 1 aromatic heterocycles. The number of nitrogens with zero attached hydrogens (tertiary/aromatic N) is 2. The fourth-order valence-electron chi connectivity index (χ4n) is 4.32. The number of para-hydroxylation sites is 1. The number of halogens is 1. The van der Waals surface area contributed by atoms with Gasteiger partial charge in [0, 0.05) is 28.2 Å². The lowest BCUT2D eigenvalue weighted by atomic mass is 10.1. The first kappa shape index (κ1) is 22.7. The van der Waals surface area contributed by atoms with Gasteiger partial charge in [-0.25, -0.2) is 0 Å². The molecule has 0 unspecified atom stereocenters. The zero-order chi connectivity index (χ0) is 23.7. The number of benzene rings is 3. The highest BCUT2D eigenvalue weighted by Gasteiger charge is 2.35. The van der Waals surface area contributed by atoms with Gasteiger partial charge in [-0.3, -0.25) is 14.5 Å². The Balaban J connectivity index is 1.50. The number of carbonyl (C=O) groups is 2. The van der Waals surface area contributed by atoms with Crippen LogP contribution in [0.2, 0.25) is 0 Å². The minimum absolute atomic E-state index is 0.235. The van der Waals surface area contributed by atoms with E-state index in [1.165, 1.54) is 21.5 Å². The lowest BCUT2D eigenvalue weighted by Gasteiger charge is -2.12. The van der Waals surface area contributed by atoms with Gasteiger partial charge in [-0.05, 0) is 53.1 Å². The minimum Gasteiger partial charge on any atom is -0.342 e. The van der Waals surface area contributed by atoms with Crippen LogP contribution in [0.4, 0.5) is 4.79 Å². The second-order valence-electron chi connectivity index (χ2n) is 8.26. The molecule has 0 saturated carbocycles.